The topological polar surface area (TPSA) is 75.4 Å². The van der Waals surface area contributed by atoms with E-state index in [1.54, 1.807) is 18.2 Å². The van der Waals surface area contributed by atoms with Gasteiger partial charge >= 0.3 is 0 Å². The Bertz CT molecular complexity index is 536. The molecule has 1 atom stereocenters. The molecular weight excluding hydrogens is 266 g/mol. The van der Waals surface area contributed by atoms with Crippen LogP contribution < -0.4 is 11.1 Å². The second-order valence-corrected chi connectivity index (χ2v) is 5.61. The summed E-state index contributed by atoms with van der Waals surface area (Å²) in [6.07, 6.45) is 3.36. The summed E-state index contributed by atoms with van der Waals surface area (Å²) in [5.41, 5.74) is 7.46. The number of carbonyl (C=O) groups is 2. The zero-order valence-corrected chi connectivity index (χ0v) is 12.7. The minimum absolute atomic E-state index is 0.0776. The number of nitrogens with one attached hydrogen (secondary N) is 1. The van der Waals surface area contributed by atoms with Crippen LogP contribution in [0, 0.1) is 0 Å². The number of nitrogen functional groups attached to an aromatic ring is 1. The molecule has 1 saturated heterocycles. The van der Waals surface area contributed by atoms with Crippen molar-refractivity contribution in [3.63, 3.8) is 0 Å². The molecule has 21 heavy (non-hydrogen) atoms. The molecule has 1 unspecified atom stereocenters. The number of piperidine rings is 1. The predicted octanol–water partition coefficient (Wildman–Crippen LogP) is 2.28. The van der Waals surface area contributed by atoms with Crippen molar-refractivity contribution in [1.29, 1.82) is 0 Å². The monoisotopic (exact) mass is 289 g/mol. The average molecular weight is 289 g/mol. The maximum Gasteiger partial charge on any atom is 0.244 e. The first kappa shape index (κ1) is 15.4. The number of amides is 1. The first-order valence-electron chi connectivity index (χ1n) is 7.45. The molecule has 114 valence electrons. The van der Waals surface area contributed by atoms with Gasteiger partial charge in [-0.3, -0.25) is 9.59 Å². The molecule has 3 N–H and O–H groups in total. The summed E-state index contributed by atoms with van der Waals surface area (Å²) in [5.74, 6) is 0.0297. The molecule has 5 nitrogen and oxygen atoms in total. The van der Waals surface area contributed by atoms with E-state index in [9.17, 15) is 9.59 Å². The summed E-state index contributed by atoms with van der Waals surface area (Å²) < 4.78 is 0. The van der Waals surface area contributed by atoms with E-state index in [1.165, 1.54) is 13.3 Å². The van der Waals surface area contributed by atoms with E-state index in [2.05, 4.69) is 5.32 Å². The van der Waals surface area contributed by atoms with E-state index in [4.69, 9.17) is 5.73 Å². The highest BCUT2D eigenvalue weighted by Gasteiger charge is 2.22. The molecule has 0 bridgehead atoms. The number of nitrogens with two attached hydrogens (primary N) is 1. The van der Waals surface area contributed by atoms with Crippen molar-refractivity contribution in [2.45, 2.75) is 39.2 Å². The van der Waals surface area contributed by atoms with Gasteiger partial charge in [0.25, 0.3) is 0 Å². The van der Waals surface area contributed by atoms with Gasteiger partial charge in [-0.25, -0.2) is 0 Å². The van der Waals surface area contributed by atoms with E-state index in [-0.39, 0.29) is 17.7 Å². The first-order valence-corrected chi connectivity index (χ1v) is 7.45. The molecule has 0 aromatic heterocycles. The minimum atomic E-state index is -0.313. The number of hydrogen-bond donors (Lipinski definition) is 2. The molecule has 1 heterocycles. The van der Waals surface area contributed by atoms with E-state index >= 15 is 0 Å². The molecule has 1 aromatic rings. The number of Topliss-reactive ketones (excluding diaryl/α,β-unsaturated/α-hetero) is 1. The van der Waals surface area contributed by atoms with Gasteiger partial charge in [0, 0.05) is 30.0 Å². The third-order valence-electron chi connectivity index (χ3n) is 3.85. The Labute approximate surface area is 125 Å². The van der Waals surface area contributed by atoms with E-state index in [0.717, 1.165) is 31.6 Å². The van der Waals surface area contributed by atoms with Crippen LogP contribution in [0.5, 0.6) is 0 Å². The fourth-order valence-corrected chi connectivity index (χ4v) is 2.65. The Kier molecular flexibility index (Phi) is 4.83. The highest BCUT2D eigenvalue weighted by molar-refractivity contribution is 6.00. The number of likely N-dealkylation sites (tertiary alicyclic amines) is 1. The number of nitrogens with zero attached hydrogens (tertiary/aromatic N) is 1. The summed E-state index contributed by atoms with van der Waals surface area (Å²) in [5, 5.41) is 3.16. The van der Waals surface area contributed by atoms with Crippen molar-refractivity contribution in [2.75, 3.05) is 24.1 Å². The van der Waals surface area contributed by atoms with Gasteiger partial charge in [-0.05, 0) is 51.3 Å². The SMILES string of the molecule is CC(=O)c1cc(NC(C)C(=O)N2CCCCC2)ccc1N. The second-order valence-electron chi connectivity index (χ2n) is 5.61. The lowest BCUT2D eigenvalue weighted by atomic mass is 10.1. The quantitative estimate of drug-likeness (QED) is 0.658. The molecule has 1 fully saturated rings. The zero-order valence-electron chi connectivity index (χ0n) is 12.7. The molecule has 1 amide bonds. The lowest BCUT2D eigenvalue weighted by Gasteiger charge is -2.29. The number of benzene rings is 1. The average Bonchev–Trinajstić information content (AvgIpc) is 2.49. The van der Waals surface area contributed by atoms with Gasteiger partial charge in [-0.1, -0.05) is 0 Å². The first-order chi connectivity index (χ1) is 9.99. The maximum absolute atomic E-state index is 12.4. The van der Waals surface area contributed by atoms with Gasteiger partial charge in [0.05, 0.1) is 0 Å². The van der Waals surface area contributed by atoms with Crippen LogP contribution in [0.15, 0.2) is 18.2 Å². The lowest BCUT2D eigenvalue weighted by molar-refractivity contribution is -0.132. The van der Waals surface area contributed by atoms with E-state index in [0.29, 0.717) is 11.3 Å². The molecule has 0 saturated carbocycles. The number of ketones is 1. The normalized spacial score (nSPS) is 16.4. The summed E-state index contributed by atoms with van der Waals surface area (Å²) in [7, 11) is 0. The number of hydrogen-bond acceptors (Lipinski definition) is 4. The van der Waals surface area contributed by atoms with Crippen LogP contribution in [-0.2, 0) is 4.79 Å². The summed E-state index contributed by atoms with van der Waals surface area (Å²) in [6, 6.07) is 4.88. The van der Waals surface area contributed by atoms with Crippen molar-refractivity contribution in [3.8, 4) is 0 Å². The molecular formula is C16H23N3O2. The predicted molar refractivity (Wildman–Crippen MR) is 84.4 cm³/mol. The molecule has 0 radical (unpaired) electrons. The zero-order chi connectivity index (χ0) is 15.4. The molecule has 2 rings (SSSR count). The Morgan fingerprint density at radius 1 is 1.24 bits per heavy atom. The van der Waals surface area contributed by atoms with Crippen LogP contribution in [0.1, 0.15) is 43.5 Å². The van der Waals surface area contributed by atoms with Gasteiger partial charge in [0.2, 0.25) is 5.91 Å². The standard InChI is InChI=1S/C16H23N3O2/c1-11(16(21)19-8-4-3-5-9-19)18-13-6-7-15(17)14(10-13)12(2)20/h6-7,10-11,18H,3-5,8-9,17H2,1-2H3. The summed E-state index contributed by atoms with van der Waals surface area (Å²) in [4.78, 5) is 25.8. The largest absolute Gasteiger partial charge is 0.398 e. The minimum Gasteiger partial charge on any atom is -0.398 e. The summed E-state index contributed by atoms with van der Waals surface area (Å²) in [6.45, 7) is 5.01. The van der Waals surface area contributed by atoms with Crippen molar-refractivity contribution >= 4 is 23.1 Å². The summed E-state index contributed by atoms with van der Waals surface area (Å²) >= 11 is 0. The van der Waals surface area contributed by atoms with E-state index < -0.39 is 0 Å². The Morgan fingerprint density at radius 2 is 1.90 bits per heavy atom. The third kappa shape index (κ3) is 3.74. The Hall–Kier alpha value is -2.04. The van der Waals surface area contributed by atoms with Gasteiger partial charge in [0.15, 0.2) is 5.78 Å². The van der Waals surface area contributed by atoms with Gasteiger partial charge in [-0.15, -0.1) is 0 Å². The third-order valence-corrected chi connectivity index (χ3v) is 3.85. The van der Waals surface area contributed by atoms with Crippen molar-refractivity contribution in [2.24, 2.45) is 0 Å². The Morgan fingerprint density at radius 3 is 2.52 bits per heavy atom. The maximum atomic E-state index is 12.4. The second kappa shape index (κ2) is 6.61. The van der Waals surface area contributed by atoms with Gasteiger partial charge < -0.3 is 16.0 Å². The molecule has 5 heteroatoms. The fourth-order valence-electron chi connectivity index (χ4n) is 2.65. The van der Waals surface area contributed by atoms with Crippen LogP contribution >= 0.6 is 0 Å². The van der Waals surface area contributed by atoms with Crippen LogP contribution in [0.4, 0.5) is 11.4 Å². The highest BCUT2D eigenvalue weighted by atomic mass is 16.2. The van der Waals surface area contributed by atoms with Crippen LogP contribution in [0.2, 0.25) is 0 Å². The number of carbonyl (C=O) groups excluding carboxylic acids is 2. The molecule has 1 aliphatic heterocycles. The highest BCUT2D eigenvalue weighted by Crippen LogP contribution is 2.20. The number of rotatable bonds is 4. The van der Waals surface area contributed by atoms with Crippen LogP contribution in [0.3, 0.4) is 0 Å². The van der Waals surface area contributed by atoms with Gasteiger partial charge in [-0.2, -0.15) is 0 Å². The molecule has 1 aromatic carbocycles. The van der Waals surface area contributed by atoms with Gasteiger partial charge in [0.1, 0.15) is 6.04 Å². The van der Waals surface area contributed by atoms with E-state index in [1.807, 2.05) is 11.8 Å². The fraction of sp³-hybridized carbons (Fsp3) is 0.500. The Balaban J connectivity index is 2.05. The molecule has 0 aliphatic carbocycles. The number of anilines is 2. The van der Waals surface area contributed by atoms with Crippen molar-refractivity contribution in [1.82, 2.24) is 4.90 Å². The van der Waals surface area contributed by atoms with Crippen molar-refractivity contribution in [3.05, 3.63) is 23.8 Å². The van der Waals surface area contributed by atoms with Crippen LogP contribution in [0.25, 0.3) is 0 Å². The lowest BCUT2D eigenvalue weighted by Crippen LogP contribution is -2.43. The van der Waals surface area contributed by atoms with Crippen molar-refractivity contribution < 1.29 is 9.59 Å². The molecule has 0 spiro atoms. The molecule has 1 aliphatic rings. The smallest absolute Gasteiger partial charge is 0.244 e. The van der Waals surface area contributed by atoms with Crippen LogP contribution in [-0.4, -0.2) is 35.7 Å².